The van der Waals surface area contributed by atoms with Crippen molar-refractivity contribution in [2.75, 3.05) is 0 Å². The molecule has 0 aromatic carbocycles. The summed E-state index contributed by atoms with van der Waals surface area (Å²) in [6.07, 6.45) is 3.98. The highest BCUT2D eigenvalue weighted by atomic mass is 79.9. The Bertz CT molecular complexity index is 521. The van der Waals surface area contributed by atoms with Crippen molar-refractivity contribution in [3.05, 3.63) is 17.0 Å². The zero-order valence-electron chi connectivity index (χ0n) is 10.2. The van der Waals surface area contributed by atoms with Gasteiger partial charge in [-0.3, -0.25) is 9.59 Å². The van der Waals surface area contributed by atoms with Gasteiger partial charge in [0, 0.05) is 20.1 Å². The summed E-state index contributed by atoms with van der Waals surface area (Å²) in [6.45, 7) is 2.97. The zero-order valence-corrected chi connectivity index (χ0v) is 11.7. The van der Waals surface area contributed by atoms with E-state index in [2.05, 4.69) is 30.9 Å². The molecule has 1 saturated heterocycles. The Morgan fingerprint density at radius 1 is 1.26 bits per heavy atom. The second-order valence-corrected chi connectivity index (χ2v) is 5.01. The van der Waals surface area contributed by atoms with Gasteiger partial charge in [0.05, 0.1) is 12.4 Å². The fourth-order valence-electron chi connectivity index (χ4n) is 1.37. The summed E-state index contributed by atoms with van der Waals surface area (Å²) < 4.78 is 10.5. The molecule has 2 rings (SSSR count). The maximum Gasteiger partial charge on any atom is 0.329 e. The lowest BCUT2D eigenvalue weighted by Gasteiger charge is -2.31. The van der Waals surface area contributed by atoms with Crippen LogP contribution in [-0.2, 0) is 19.1 Å². The molecule has 1 aromatic rings. The topological polar surface area (TPSA) is 90.7 Å². The van der Waals surface area contributed by atoms with Gasteiger partial charge in [0.1, 0.15) is 4.60 Å². The number of hydrogen-bond acceptors (Lipinski definition) is 7. The summed E-state index contributed by atoms with van der Waals surface area (Å²) in [6, 6.07) is 0. The molecule has 0 spiro atoms. The molecule has 2 heterocycles. The minimum Gasteiger partial charge on any atom is -0.422 e. The molecule has 100 valence electrons. The highest BCUT2D eigenvalue weighted by molar-refractivity contribution is 9.10. The lowest BCUT2D eigenvalue weighted by Crippen LogP contribution is -2.46. The Morgan fingerprint density at radius 2 is 1.89 bits per heavy atom. The van der Waals surface area contributed by atoms with Crippen molar-refractivity contribution in [3.8, 4) is 0 Å². The Kier molecular flexibility index (Phi) is 3.61. The Morgan fingerprint density at radius 3 is 2.42 bits per heavy atom. The first-order valence-corrected chi connectivity index (χ1v) is 6.14. The maximum absolute atomic E-state index is 11.6. The van der Waals surface area contributed by atoms with E-state index in [0.29, 0.717) is 4.60 Å². The smallest absolute Gasteiger partial charge is 0.329 e. The van der Waals surface area contributed by atoms with Crippen LogP contribution < -0.4 is 0 Å². The number of aliphatic imine (C=N–C) groups is 1. The summed E-state index contributed by atoms with van der Waals surface area (Å²) >= 11 is 3.13. The molecule has 0 bridgehead atoms. The van der Waals surface area contributed by atoms with Crippen molar-refractivity contribution in [1.82, 2.24) is 9.97 Å². The number of ether oxygens (including phenoxy) is 2. The number of nitrogens with zero attached hydrogens (tertiary/aromatic N) is 3. The molecule has 0 atom stereocenters. The van der Waals surface area contributed by atoms with Crippen LogP contribution in [0.25, 0.3) is 0 Å². The summed E-state index contributed by atoms with van der Waals surface area (Å²) in [4.78, 5) is 35.0. The predicted octanol–water partition coefficient (Wildman–Crippen LogP) is 1.39. The number of halogens is 1. The van der Waals surface area contributed by atoms with Crippen LogP contribution in [0.4, 0.5) is 5.82 Å². The average molecular weight is 328 g/mol. The van der Waals surface area contributed by atoms with Gasteiger partial charge < -0.3 is 9.47 Å². The van der Waals surface area contributed by atoms with Crippen molar-refractivity contribution in [1.29, 1.82) is 0 Å². The zero-order chi connectivity index (χ0) is 14.0. The van der Waals surface area contributed by atoms with Crippen LogP contribution in [0.5, 0.6) is 0 Å². The van der Waals surface area contributed by atoms with Crippen molar-refractivity contribution in [2.24, 2.45) is 10.9 Å². The van der Waals surface area contributed by atoms with E-state index in [-0.39, 0.29) is 5.82 Å². The predicted molar refractivity (Wildman–Crippen MR) is 67.6 cm³/mol. The number of esters is 2. The van der Waals surface area contributed by atoms with E-state index in [9.17, 15) is 9.59 Å². The number of cyclic esters (lactones) is 2. The van der Waals surface area contributed by atoms with E-state index in [4.69, 9.17) is 9.47 Å². The number of aromatic nitrogens is 2. The highest BCUT2D eigenvalue weighted by Gasteiger charge is 2.42. The van der Waals surface area contributed by atoms with E-state index in [1.165, 1.54) is 26.2 Å². The first kappa shape index (κ1) is 13.6. The van der Waals surface area contributed by atoms with E-state index in [1.54, 1.807) is 0 Å². The van der Waals surface area contributed by atoms with Crippen LogP contribution in [0.15, 0.2) is 22.0 Å². The van der Waals surface area contributed by atoms with Crippen LogP contribution in [0.3, 0.4) is 0 Å². The molecule has 0 N–H and O–H groups in total. The van der Waals surface area contributed by atoms with E-state index < -0.39 is 23.6 Å². The molecule has 0 aliphatic carbocycles. The maximum atomic E-state index is 11.6. The van der Waals surface area contributed by atoms with Crippen LogP contribution in [-0.4, -0.2) is 33.9 Å². The van der Waals surface area contributed by atoms with Gasteiger partial charge in [-0.15, -0.1) is 0 Å². The molecule has 0 amide bonds. The van der Waals surface area contributed by atoms with Crippen LogP contribution in [0.2, 0.25) is 0 Å². The average Bonchev–Trinajstić information content (AvgIpc) is 2.29. The summed E-state index contributed by atoms with van der Waals surface area (Å²) in [5.41, 5.74) is 0. The third-order valence-corrected chi connectivity index (χ3v) is 2.57. The van der Waals surface area contributed by atoms with Gasteiger partial charge in [-0.25, -0.2) is 15.0 Å². The SMILES string of the molecule is CC1(C)OC(=O)C(C=Nc2cnc(Br)cn2)C(=O)O1. The summed E-state index contributed by atoms with van der Waals surface area (Å²) in [5.74, 6) is -3.55. The fourth-order valence-corrected chi connectivity index (χ4v) is 1.58. The fraction of sp³-hybridized carbons (Fsp3) is 0.364. The molecular formula is C11H10BrN3O4. The minimum absolute atomic E-state index is 0.272. The van der Waals surface area contributed by atoms with Gasteiger partial charge in [0.2, 0.25) is 0 Å². The number of carbonyl (C=O) groups excluding carboxylic acids is 2. The second kappa shape index (κ2) is 5.04. The first-order chi connectivity index (χ1) is 8.87. The molecule has 0 unspecified atom stereocenters. The number of carbonyl (C=O) groups is 2. The normalized spacial score (nSPS) is 19.3. The van der Waals surface area contributed by atoms with Gasteiger partial charge >= 0.3 is 11.9 Å². The quantitative estimate of drug-likeness (QED) is 0.463. The monoisotopic (exact) mass is 327 g/mol. The van der Waals surface area contributed by atoms with E-state index >= 15 is 0 Å². The molecule has 1 aliphatic rings. The lowest BCUT2D eigenvalue weighted by atomic mass is 10.1. The Labute approximate surface area is 117 Å². The van der Waals surface area contributed by atoms with Crippen LogP contribution in [0, 0.1) is 5.92 Å². The largest absolute Gasteiger partial charge is 0.422 e. The Balaban J connectivity index is 2.12. The molecular weight excluding hydrogens is 318 g/mol. The number of rotatable bonds is 2. The highest BCUT2D eigenvalue weighted by Crippen LogP contribution is 2.22. The van der Waals surface area contributed by atoms with Gasteiger partial charge in [-0.05, 0) is 15.9 Å². The van der Waals surface area contributed by atoms with Crippen molar-refractivity contribution < 1.29 is 19.1 Å². The van der Waals surface area contributed by atoms with Gasteiger partial charge in [0.15, 0.2) is 11.7 Å². The van der Waals surface area contributed by atoms with Gasteiger partial charge in [-0.2, -0.15) is 0 Å². The standard InChI is InChI=1S/C11H10BrN3O4/c1-11(2)18-9(16)6(10(17)19-11)3-14-8-5-13-7(12)4-15-8/h3-6H,1-2H3. The second-order valence-electron chi connectivity index (χ2n) is 4.20. The molecule has 1 aromatic heterocycles. The van der Waals surface area contributed by atoms with E-state index in [1.807, 2.05) is 0 Å². The first-order valence-electron chi connectivity index (χ1n) is 5.35. The Hall–Kier alpha value is -1.83. The number of hydrogen-bond donors (Lipinski definition) is 0. The van der Waals surface area contributed by atoms with Crippen LogP contribution >= 0.6 is 15.9 Å². The van der Waals surface area contributed by atoms with Crippen LogP contribution in [0.1, 0.15) is 13.8 Å². The molecule has 19 heavy (non-hydrogen) atoms. The summed E-state index contributed by atoms with van der Waals surface area (Å²) in [7, 11) is 0. The molecule has 8 heteroatoms. The van der Waals surface area contributed by atoms with Crippen molar-refractivity contribution in [3.63, 3.8) is 0 Å². The summed E-state index contributed by atoms with van der Waals surface area (Å²) in [5, 5.41) is 0. The molecule has 7 nitrogen and oxygen atoms in total. The van der Waals surface area contributed by atoms with Gasteiger partial charge in [-0.1, -0.05) is 0 Å². The molecule has 0 saturated carbocycles. The molecule has 1 fully saturated rings. The molecule has 1 aliphatic heterocycles. The lowest BCUT2D eigenvalue weighted by molar-refractivity contribution is -0.235. The molecule has 0 radical (unpaired) electrons. The van der Waals surface area contributed by atoms with Crippen molar-refractivity contribution in [2.45, 2.75) is 19.6 Å². The van der Waals surface area contributed by atoms with Gasteiger partial charge in [0.25, 0.3) is 5.79 Å². The van der Waals surface area contributed by atoms with Crippen molar-refractivity contribution >= 4 is 39.9 Å². The third kappa shape index (κ3) is 3.34. The van der Waals surface area contributed by atoms with E-state index in [0.717, 1.165) is 6.21 Å². The third-order valence-electron chi connectivity index (χ3n) is 2.16. The minimum atomic E-state index is -1.24.